The van der Waals surface area contributed by atoms with Gasteiger partial charge in [0.1, 0.15) is 11.2 Å². The van der Waals surface area contributed by atoms with Crippen molar-refractivity contribution in [2.45, 2.75) is 5.41 Å². The molecule has 1 aliphatic carbocycles. The van der Waals surface area contributed by atoms with E-state index < -0.39 is 5.41 Å². The largest absolute Gasteiger partial charge is 0.455 e. The van der Waals surface area contributed by atoms with Crippen LogP contribution in [0.25, 0.3) is 66.4 Å². The van der Waals surface area contributed by atoms with Gasteiger partial charge in [0.05, 0.1) is 5.41 Å². The van der Waals surface area contributed by atoms with E-state index in [4.69, 9.17) is 4.42 Å². The van der Waals surface area contributed by atoms with Gasteiger partial charge in [0.2, 0.25) is 0 Å². The normalized spacial score (nSPS) is 12.6. The van der Waals surface area contributed by atoms with E-state index in [1.54, 1.807) is 0 Å². The van der Waals surface area contributed by atoms with Crippen LogP contribution in [-0.2, 0) is 5.41 Å². The zero-order valence-electron chi connectivity index (χ0n) is 34.5. The molecule has 0 bridgehead atoms. The summed E-state index contributed by atoms with van der Waals surface area (Å²) in [6, 6.07) is 90.1. The molecule has 0 aliphatic heterocycles. The molecule has 0 fully saturated rings. The molecule has 0 saturated heterocycles. The molecule has 10 aromatic carbocycles. The van der Waals surface area contributed by atoms with Crippen LogP contribution in [0.15, 0.2) is 253 Å². The van der Waals surface area contributed by atoms with Gasteiger partial charge in [-0.3, -0.25) is 0 Å². The summed E-state index contributed by atoms with van der Waals surface area (Å²) < 4.78 is 6.44. The summed E-state index contributed by atoms with van der Waals surface area (Å²) in [5.74, 6) is 0. The van der Waals surface area contributed by atoms with Crippen LogP contribution in [0.3, 0.4) is 0 Å². The number of anilines is 3. The van der Waals surface area contributed by atoms with Crippen LogP contribution in [-0.4, -0.2) is 0 Å². The molecule has 1 aliphatic rings. The van der Waals surface area contributed by atoms with Gasteiger partial charge in [-0.2, -0.15) is 0 Å². The Morgan fingerprint density at radius 2 is 0.762 bits per heavy atom. The summed E-state index contributed by atoms with van der Waals surface area (Å²) in [4.78, 5) is 2.35. The number of rotatable bonds is 8. The van der Waals surface area contributed by atoms with Crippen LogP contribution in [0.1, 0.15) is 22.3 Å². The monoisotopic (exact) mass is 803 g/mol. The summed E-state index contributed by atoms with van der Waals surface area (Å²) in [6.07, 6.45) is 0. The number of hydrogen-bond donors (Lipinski definition) is 0. The molecule has 2 nitrogen and oxygen atoms in total. The van der Waals surface area contributed by atoms with Crippen LogP contribution >= 0.6 is 0 Å². The molecule has 0 amide bonds. The minimum atomic E-state index is -0.449. The molecule has 63 heavy (non-hydrogen) atoms. The number of furan rings is 1. The molecular formula is C61H41NO. The van der Waals surface area contributed by atoms with Gasteiger partial charge in [0.15, 0.2) is 0 Å². The summed E-state index contributed by atoms with van der Waals surface area (Å²) in [7, 11) is 0. The highest BCUT2D eigenvalue weighted by molar-refractivity contribution is 6.09. The van der Waals surface area contributed by atoms with Crippen molar-refractivity contribution in [1.29, 1.82) is 0 Å². The molecule has 0 spiro atoms. The lowest BCUT2D eigenvalue weighted by molar-refractivity contribution is 0.670. The lowest BCUT2D eigenvalue weighted by Crippen LogP contribution is -2.28. The minimum Gasteiger partial charge on any atom is -0.455 e. The fraction of sp³-hybridized carbons (Fsp3) is 0.0164. The molecule has 296 valence electrons. The third kappa shape index (κ3) is 6.02. The van der Waals surface area contributed by atoms with Crippen LogP contribution in [0.5, 0.6) is 0 Å². The molecule has 2 heteroatoms. The molecule has 1 aromatic heterocycles. The van der Waals surface area contributed by atoms with E-state index in [2.05, 4.69) is 241 Å². The first kappa shape index (κ1) is 36.6. The van der Waals surface area contributed by atoms with Gasteiger partial charge in [-0.15, -0.1) is 0 Å². The molecule has 12 rings (SSSR count). The molecule has 0 N–H and O–H groups in total. The maximum Gasteiger partial charge on any atom is 0.143 e. The highest BCUT2D eigenvalue weighted by atomic mass is 16.3. The summed E-state index contributed by atoms with van der Waals surface area (Å²) >= 11 is 0. The third-order valence-corrected chi connectivity index (χ3v) is 13.0. The van der Waals surface area contributed by atoms with E-state index in [1.807, 2.05) is 12.1 Å². The van der Waals surface area contributed by atoms with E-state index in [0.29, 0.717) is 0 Å². The van der Waals surface area contributed by atoms with E-state index in [-0.39, 0.29) is 0 Å². The number of para-hydroxylation sites is 2. The molecule has 0 atom stereocenters. The zero-order chi connectivity index (χ0) is 41.7. The van der Waals surface area contributed by atoms with Crippen LogP contribution in [0.2, 0.25) is 0 Å². The first-order valence-electron chi connectivity index (χ1n) is 21.7. The Hall–Kier alpha value is -8.20. The van der Waals surface area contributed by atoms with E-state index in [1.165, 1.54) is 55.6 Å². The molecular weight excluding hydrogens is 763 g/mol. The smallest absolute Gasteiger partial charge is 0.143 e. The topological polar surface area (TPSA) is 16.4 Å². The van der Waals surface area contributed by atoms with Crippen molar-refractivity contribution in [3.8, 4) is 44.5 Å². The average molecular weight is 804 g/mol. The predicted octanol–water partition coefficient (Wildman–Crippen LogP) is 16.4. The van der Waals surface area contributed by atoms with Gasteiger partial charge >= 0.3 is 0 Å². The number of benzene rings is 10. The van der Waals surface area contributed by atoms with Crippen molar-refractivity contribution >= 4 is 39.0 Å². The Labute approximate surface area is 367 Å². The standard InChI is InChI=1S/C61H41NO/c1-4-15-42(16-5-1)43-27-34-49(35-28-43)62(51-38-31-45(32-39-51)52-23-14-24-56-55-22-11-13-26-59(55)63-60(52)56)50-36-29-44(30-37-50)46-33-40-54-53-21-10-12-25-57(53)61(58(54)41-46,47-17-6-2-7-18-47)48-19-8-3-9-20-48/h1-41H. The van der Waals surface area contributed by atoms with E-state index >= 15 is 0 Å². The summed E-state index contributed by atoms with van der Waals surface area (Å²) in [5, 5.41) is 2.27. The van der Waals surface area contributed by atoms with Crippen LogP contribution in [0.4, 0.5) is 17.1 Å². The van der Waals surface area contributed by atoms with E-state index in [9.17, 15) is 0 Å². The second-order valence-electron chi connectivity index (χ2n) is 16.4. The van der Waals surface area contributed by atoms with Crippen LogP contribution < -0.4 is 4.90 Å². The highest BCUT2D eigenvalue weighted by Gasteiger charge is 2.46. The molecule has 1 heterocycles. The Balaban J connectivity index is 0.952. The summed E-state index contributed by atoms with van der Waals surface area (Å²) in [5.41, 5.74) is 19.3. The maximum atomic E-state index is 6.44. The second kappa shape index (κ2) is 15.1. The fourth-order valence-electron chi connectivity index (χ4n) is 10.1. The van der Waals surface area contributed by atoms with E-state index in [0.717, 1.165) is 50.1 Å². The quantitative estimate of drug-likeness (QED) is 0.152. The van der Waals surface area contributed by atoms with Crippen molar-refractivity contribution < 1.29 is 4.42 Å². The molecule has 11 aromatic rings. The van der Waals surface area contributed by atoms with Gasteiger partial charge in [-0.05, 0) is 110 Å². The molecule has 0 saturated carbocycles. The molecule has 0 radical (unpaired) electrons. The number of fused-ring (bicyclic) bond motifs is 6. The lowest BCUT2D eigenvalue weighted by Gasteiger charge is -2.34. The lowest BCUT2D eigenvalue weighted by atomic mass is 9.67. The first-order valence-corrected chi connectivity index (χ1v) is 21.7. The SMILES string of the molecule is c1ccc(-c2ccc(N(c3ccc(-c4ccc5c(c4)C(c4ccccc4)(c4ccccc4)c4ccccc4-5)cc3)c3ccc(-c4cccc5c4oc4ccccc45)cc3)cc2)cc1. The predicted molar refractivity (Wildman–Crippen MR) is 262 cm³/mol. The van der Waals surface area contributed by atoms with Gasteiger partial charge in [0.25, 0.3) is 0 Å². The Bertz CT molecular complexity index is 3370. The van der Waals surface area contributed by atoms with Crippen molar-refractivity contribution in [1.82, 2.24) is 0 Å². The fourth-order valence-corrected chi connectivity index (χ4v) is 10.1. The van der Waals surface area contributed by atoms with Gasteiger partial charge < -0.3 is 9.32 Å². The van der Waals surface area contributed by atoms with Gasteiger partial charge in [-0.1, -0.05) is 200 Å². The third-order valence-electron chi connectivity index (χ3n) is 13.0. The first-order chi connectivity index (χ1) is 31.2. The van der Waals surface area contributed by atoms with Crippen molar-refractivity contribution in [2.24, 2.45) is 0 Å². The van der Waals surface area contributed by atoms with Crippen molar-refractivity contribution in [3.63, 3.8) is 0 Å². The molecule has 0 unspecified atom stereocenters. The maximum absolute atomic E-state index is 6.44. The minimum absolute atomic E-state index is 0.449. The van der Waals surface area contributed by atoms with Crippen molar-refractivity contribution in [2.75, 3.05) is 4.90 Å². The second-order valence-corrected chi connectivity index (χ2v) is 16.4. The van der Waals surface area contributed by atoms with Gasteiger partial charge in [0, 0.05) is 33.4 Å². The number of nitrogens with zero attached hydrogens (tertiary/aromatic N) is 1. The average Bonchev–Trinajstić information content (AvgIpc) is 3.89. The van der Waals surface area contributed by atoms with Gasteiger partial charge in [-0.25, -0.2) is 0 Å². The Kier molecular flexibility index (Phi) is 8.76. The zero-order valence-corrected chi connectivity index (χ0v) is 34.5. The Morgan fingerprint density at radius 1 is 0.302 bits per heavy atom. The Morgan fingerprint density at radius 3 is 1.41 bits per heavy atom. The highest BCUT2D eigenvalue weighted by Crippen LogP contribution is 2.56. The van der Waals surface area contributed by atoms with Crippen molar-refractivity contribution in [3.05, 3.63) is 271 Å². The van der Waals surface area contributed by atoms with Crippen LogP contribution in [0, 0.1) is 0 Å². The number of hydrogen-bond acceptors (Lipinski definition) is 2. The summed E-state index contributed by atoms with van der Waals surface area (Å²) in [6.45, 7) is 0.